The Morgan fingerprint density at radius 3 is 1.68 bits per heavy atom. The highest BCUT2D eigenvalue weighted by molar-refractivity contribution is 7.98. The molecular formula is C81H78F10N6O6S2. The van der Waals surface area contributed by atoms with Gasteiger partial charge in [-0.05, 0) is 126 Å². The van der Waals surface area contributed by atoms with Gasteiger partial charge in [-0.2, -0.15) is 26.3 Å². The highest BCUT2D eigenvalue weighted by Gasteiger charge is 2.34. The molecule has 4 heterocycles. The Morgan fingerprint density at radius 1 is 0.552 bits per heavy atom. The van der Waals surface area contributed by atoms with Crippen LogP contribution in [-0.2, 0) is 69.0 Å². The molecule has 2 aliphatic rings. The van der Waals surface area contributed by atoms with E-state index in [0.717, 1.165) is 73.7 Å². The van der Waals surface area contributed by atoms with Crippen molar-refractivity contribution >= 4 is 57.1 Å². The molecule has 12 nitrogen and oxygen atoms in total. The summed E-state index contributed by atoms with van der Waals surface area (Å²) in [4.78, 5) is 55.7. The number of amides is 2. The van der Waals surface area contributed by atoms with Crippen molar-refractivity contribution in [1.29, 1.82) is 0 Å². The first-order valence-corrected chi connectivity index (χ1v) is 31.4. The summed E-state index contributed by atoms with van der Waals surface area (Å²) in [6, 6.07) is -15.0. The van der Waals surface area contributed by atoms with Gasteiger partial charge in [-0.1, -0.05) is 121 Å². The number of hydrogen-bond acceptors (Lipinski definition) is 10. The number of ether oxygens (including phenoxy) is 2. The van der Waals surface area contributed by atoms with Crippen LogP contribution in [0.15, 0.2) is 207 Å². The van der Waals surface area contributed by atoms with Gasteiger partial charge >= 0.3 is 12.4 Å². The number of nitrogens with zero attached hydrogens (tertiary/aromatic N) is 6. The molecule has 0 spiro atoms. The highest BCUT2D eigenvalue weighted by atomic mass is 32.2. The Bertz CT molecular complexity index is 7370. The minimum Gasteiger partial charge on any atom is -0.383 e. The molecule has 12 rings (SSSR count). The van der Waals surface area contributed by atoms with Crippen molar-refractivity contribution < 1.29 is 133 Å². The molecule has 0 atom stereocenters. The summed E-state index contributed by atoms with van der Waals surface area (Å²) in [5, 5.41) is -3.45. The average Bonchev–Trinajstić information content (AvgIpc) is 0.657. The number of carbonyl (C=O) groups is 2. The van der Waals surface area contributed by atoms with E-state index >= 15 is 14.0 Å². The standard InChI is InChI=1S/C41H40F5N3O3S.C40H38F5N3O3S/c1-27-6-15-36-34(22-27)37(50)23-39(53-26-31-4-3-5-35(42)40(31)43)49(36)25-38(51)48(33-16-18-47(19-17-33)20-21-52-2)24-28-7-9-29(10-8-28)30-11-13-32(14-12-30)41(44,45)46;1-51-22-21-46-19-17-32(18-20-46)47(24-27-9-11-28(12-10-27)29-13-15-31(16-14-29)40(43,44)45)37(50)25-48-35-8-3-2-6-33(35)36(49)23-38(48)52-26-30-5-4-7-34(41)39(30)42/h3-15,22-23,33H,16-21,24-26H2,1-2H3;2-16,23,32H,17-22,24-26H2,1H3/i2D3,3D,4D,5D,6D,7D,8D,9D,10D,11D,12D,13D,14D,15D,16D2,17D2,18D2,19D2,20D2,21D2,22D,23D,25D2,33D;1D3,17D2,18D2,19D2,20D2,21D2,22D2,25D2,32D. The Balaban J connectivity index is 0.000000300. The number of thioether (sulfide) groups is 2. The van der Waals surface area contributed by atoms with Crippen LogP contribution in [0, 0.1) is 30.2 Å². The number of para-hydroxylation sites is 1. The van der Waals surface area contributed by atoms with Crippen LogP contribution in [0.4, 0.5) is 43.9 Å². The lowest BCUT2D eigenvalue weighted by atomic mass is 10.00. The molecule has 0 N–H and O–H groups in total. The van der Waals surface area contributed by atoms with Crippen LogP contribution in [0.1, 0.15) is 134 Å². The zero-order chi connectivity index (χ0) is 120. The average molecular weight is 1540 g/mol. The van der Waals surface area contributed by atoms with E-state index in [9.17, 15) is 68.3 Å². The third kappa shape index (κ3) is 19.5. The Hall–Kier alpha value is -9.04. The van der Waals surface area contributed by atoms with Crippen LogP contribution in [0.3, 0.4) is 0 Å². The Kier molecular flexibility index (Phi) is 11.7. The van der Waals surface area contributed by atoms with E-state index in [0.29, 0.717) is 16.3 Å². The molecule has 2 aromatic heterocycles. The molecule has 2 fully saturated rings. The summed E-state index contributed by atoms with van der Waals surface area (Å²) in [7, 11) is -7.85. The molecule has 0 radical (unpaired) electrons. The van der Waals surface area contributed by atoms with Gasteiger partial charge in [0.1, 0.15) is 13.0 Å². The first-order valence-electron chi connectivity index (χ1n) is 54.9. The maximum absolute atomic E-state index is 16.0. The smallest absolute Gasteiger partial charge is 0.383 e. The van der Waals surface area contributed by atoms with E-state index in [4.69, 9.17) is 50.7 Å². The molecule has 2 saturated heterocycles. The number of fused-ring (bicyclic) bond motifs is 2. The van der Waals surface area contributed by atoms with Gasteiger partial charge in [-0.3, -0.25) is 19.2 Å². The Labute approximate surface area is 681 Å². The molecule has 24 heteroatoms. The SMILES string of the molecule is [2H]C([2H])([2H])OC([2H])([2H])C([2H])([2H])N1C([2H])([2H])C([2H])([2H])C([2H])(N(Cc2ccc(-c3ccc(C(F)(F)F)cc3)cc2)C(=O)C([2H])([2H])n2c(SCc3cccc(F)c3F)cc(=O)c3ccccc32)C([2H])([2H])C1([2H])[2H].[2H]c1c([2H])c(F)c(F)c(CSc2c([2H])c(=O)c3c([2H])c(C)c([2H])c([2H])c3n2C([2H])([2H])C(=O)N(Cc2c([2H])c([2H])c(-c3c([2H])c([2H])c(C(F)(F)F)c([2H])c3[2H])c([2H])c2[2H])C2([2H])C([2H])([2H])C([2H])([2H])N(C([2H])([2H])C([2H])([2H])OC([2H])([2H])[2H])C([2H])([2H])C2([2H])[2H])c1[2H]. The zero-order valence-corrected chi connectivity index (χ0v) is 54.4. The van der Waals surface area contributed by atoms with Gasteiger partial charge in [0.2, 0.25) is 11.8 Å². The number of rotatable bonds is 24. The van der Waals surface area contributed by atoms with Crippen molar-refractivity contribution in [3.05, 3.63) is 270 Å². The summed E-state index contributed by atoms with van der Waals surface area (Å²) in [5.41, 5.74) is -13.7. The zero-order valence-electron chi connectivity index (χ0n) is 104. The number of benzene rings is 8. The third-order valence-electron chi connectivity index (χ3n) is 14.3. The van der Waals surface area contributed by atoms with Gasteiger partial charge in [0.15, 0.2) is 34.1 Å². The molecular weight excluding hydrogens is 1410 g/mol. The molecule has 0 saturated carbocycles. The predicted molar refractivity (Wildman–Crippen MR) is 391 cm³/mol. The van der Waals surface area contributed by atoms with Gasteiger partial charge in [-0.25, -0.2) is 17.6 Å². The number of pyridine rings is 2. The van der Waals surface area contributed by atoms with E-state index in [1.165, 1.54) is 30.3 Å². The van der Waals surface area contributed by atoms with E-state index in [1.54, 1.807) is 0 Å². The molecule has 2 amide bonds. The van der Waals surface area contributed by atoms with Gasteiger partial charge in [0, 0.05) is 151 Å². The molecule has 550 valence electrons. The summed E-state index contributed by atoms with van der Waals surface area (Å²) < 4.78 is 593. The summed E-state index contributed by atoms with van der Waals surface area (Å²) in [5.74, 6) is -13.6. The highest BCUT2D eigenvalue weighted by Crippen LogP contribution is 2.36. The number of piperidine rings is 2. The second kappa shape index (κ2) is 34.9. The van der Waals surface area contributed by atoms with Crippen molar-refractivity contribution in [2.75, 3.05) is 66.2 Å². The van der Waals surface area contributed by atoms with Gasteiger partial charge < -0.3 is 38.2 Å². The van der Waals surface area contributed by atoms with E-state index < -0.39 is 370 Å². The summed E-state index contributed by atoms with van der Waals surface area (Å²) >= 11 is 0.246. The van der Waals surface area contributed by atoms with Crippen molar-refractivity contribution in [2.24, 2.45) is 0 Å². The fourth-order valence-corrected chi connectivity index (χ4v) is 11.2. The Morgan fingerprint density at radius 2 is 1.09 bits per heavy atom. The second-order valence-corrected chi connectivity index (χ2v) is 23.1. The molecule has 0 bridgehead atoms. The quantitative estimate of drug-likeness (QED) is 0.0428. The molecule has 8 aromatic carbocycles. The van der Waals surface area contributed by atoms with Crippen LogP contribution in [0.2, 0.25) is 0 Å². The van der Waals surface area contributed by atoms with E-state index in [2.05, 4.69) is 9.47 Å². The monoisotopic (exact) mass is 1540 g/mol. The largest absolute Gasteiger partial charge is 0.416 e. The fourth-order valence-electron chi connectivity index (χ4n) is 9.28. The first-order chi connectivity index (χ1) is 70.3. The van der Waals surface area contributed by atoms with Gasteiger partial charge in [0.05, 0.1) is 87.8 Å². The molecule has 0 unspecified atom stereocenters. The number of methoxy groups -OCH3 is 2. The van der Waals surface area contributed by atoms with Crippen LogP contribution >= 0.6 is 23.5 Å². The molecule has 10 aromatic rings. The number of hydrogen-bond donors (Lipinski definition) is 0. The van der Waals surface area contributed by atoms with Crippen molar-refractivity contribution in [1.82, 2.24) is 28.7 Å². The minimum atomic E-state index is -5.59. The third-order valence-corrected chi connectivity index (χ3v) is 16.3. The van der Waals surface area contributed by atoms with Crippen LogP contribution in [0.5, 0.6) is 0 Å². The van der Waals surface area contributed by atoms with Crippen LogP contribution in [-0.4, -0.2) is 119 Å². The minimum absolute atomic E-state index is 0.201. The maximum atomic E-state index is 16.0. The lowest BCUT2D eigenvalue weighted by molar-refractivity contribution is -0.138. The number of carbonyl (C=O) groups excluding carboxylic acids is 2. The summed E-state index contributed by atoms with van der Waals surface area (Å²) in [6.45, 7) is -48.6. The number of likely N-dealkylation sites (tertiary alicyclic amines) is 2. The summed E-state index contributed by atoms with van der Waals surface area (Å²) in [6.07, 6.45) is -29.6. The number of aromatic nitrogens is 2. The number of halogens is 10. The second-order valence-electron chi connectivity index (χ2n) is 21.1. The van der Waals surface area contributed by atoms with E-state index in [-0.39, 0.29) is 48.9 Å². The lowest BCUT2D eigenvalue weighted by Crippen LogP contribution is -2.48. The number of alkyl halides is 6. The van der Waals surface area contributed by atoms with Gasteiger partial charge in [0.25, 0.3) is 0 Å². The van der Waals surface area contributed by atoms with Crippen LogP contribution < -0.4 is 10.9 Å². The molecule has 0 aliphatic carbocycles. The topological polar surface area (TPSA) is 110 Å². The van der Waals surface area contributed by atoms with Crippen molar-refractivity contribution in [3.8, 4) is 22.3 Å². The van der Waals surface area contributed by atoms with Crippen LogP contribution in [0.25, 0.3) is 44.1 Å². The van der Waals surface area contributed by atoms with Crippen molar-refractivity contribution in [2.45, 2.75) is 104 Å². The lowest BCUT2D eigenvalue weighted by Gasteiger charge is -2.39. The van der Waals surface area contributed by atoms with Gasteiger partial charge in [-0.15, -0.1) is 23.5 Å². The first kappa shape index (κ1) is 35.1. The van der Waals surface area contributed by atoms with E-state index in [1.807, 2.05) is 0 Å². The fraction of sp³-hybridized carbons (Fsp3) is 0.309. The maximum Gasteiger partial charge on any atom is 0.416 e. The normalized spacial score (nSPS) is 26.8. The van der Waals surface area contributed by atoms with Crippen molar-refractivity contribution in [3.63, 3.8) is 0 Å². The molecule has 105 heavy (non-hydrogen) atoms. The molecule has 2 aliphatic heterocycles. The predicted octanol–water partition coefficient (Wildman–Crippen LogP) is 17.1.